The van der Waals surface area contributed by atoms with E-state index in [0.29, 0.717) is 48.6 Å². The minimum Gasteiger partial charge on any atom is -0.455 e. The quantitative estimate of drug-likeness (QED) is 0.0298. The average molecular weight is 1040 g/mol. The lowest BCUT2D eigenvalue weighted by molar-refractivity contribution is -0.149. The molecule has 8 atom stereocenters. The number of aromatic nitrogens is 1. The van der Waals surface area contributed by atoms with Crippen LogP contribution in [0.4, 0.5) is 4.39 Å². The predicted molar refractivity (Wildman–Crippen MR) is 277 cm³/mol. The van der Waals surface area contributed by atoms with Gasteiger partial charge in [-0.05, 0) is 90.7 Å². The molecule has 1 saturated heterocycles. The molecule has 2 amide bonds. The molecule has 1 aliphatic rings. The first-order valence-electron chi connectivity index (χ1n) is 24.3. The van der Waals surface area contributed by atoms with E-state index < -0.39 is 47.9 Å². The number of rotatable bonds is 33. The third kappa shape index (κ3) is 20.7. The van der Waals surface area contributed by atoms with Gasteiger partial charge in [0.1, 0.15) is 34.6 Å². The summed E-state index contributed by atoms with van der Waals surface area (Å²) >= 11 is 1.17. The van der Waals surface area contributed by atoms with Crippen molar-refractivity contribution in [3.8, 4) is 0 Å². The van der Waals surface area contributed by atoms with Gasteiger partial charge < -0.3 is 20.7 Å². The monoisotopic (exact) mass is 1030 g/mol. The number of nitrogens with zero attached hydrogens (tertiary/aromatic N) is 4. The molecular weight excluding hydrogens is 959 g/mol. The maximum Gasteiger partial charge on any atom is 0.303 e. The summed E-state index contributed by atoms with van der Waals surface area (Å²) in [5.74, 6) is -1.45. The van der Waals surface area contributed by atoms with Crippen molar-refractivity contribution in [2.24, 2.45) is 34.2 Å². The molecule has 2 heterocycles. The zero-order valence-electron chi connectivity index (χ0n) is 41.8. The van der Waals surface area contributed by atoms with Crippen molar-refractivity contribution in [3.63, 3.8) is 0 Å². The van der Waals surface area contributed by atoms with Crippen molar-refractivity contribution < 1.29 is 42.7 Å². The summed E-state index contributed by atoms with van der Waals surface area (Å²) in [6.45, 7) is 12.1. The van der Waals surface area contributed by atoms with E-state index in [9.17, 15) is 38.0 Å². The molecule has 3 rings (SSSR count). The number of benzene rings is 1. The number of carbonyl (C=O) groups is 7. The number of amides is 2. The lowest BCUT2D eigenvalue weighted by Crippen LogP contribution is -2.48. The van der Waals surface area contributed by atoms with E-state index in [1.165, 1.54) is 41.2 Å². The molecule has 1 fully saturated rings. The molecule has 384 valence electrons. The Kier molecular flexibility index (Phi) is 27.0. The second-order valence-corrected chi connectivity index (χ2v) is 22.7. The van der Waals surface area contributed by atoms with Gasteiger partial charge in [0.25, 0.3) is 5.91 Å². The Morgan fingerprint density at radius 3 is 2.35 bits per heavy atom. The van der Waals surface area contributed by atoms with Crippen LogP contribution in [0, 0.1) is 29.5 Å². The van der Waals surface area contributed by atoms with Crippen LogP contribution in [0.5, 0.6) is 0 Å². The number of thiazole rings is 1. The molecule has 1 aromatic carbocycles. The zero-order valence-corrected chi connectivity index (χ0v) is 45.3. The smallest absolute Gasteiger partial charge is 0.303 e. The number of esters is 1. The normalized spacial score (nSPS) is 17.2. The molecule has 0 bridgehead atoms. The first-order valence-corrected chi connectivity index (χ1v) is 28.1. The fraction of sp³-hybridized carbons (Fsp3) is 0.680. The van der Waals surface area contributed by atoms with Crippen molar-refractivity contribution in [2.75, 3.05) is 38.7 Å². The number of likely N-dealkylation sites (N-methyl/N-ethyl adjacent to an activating group) is 1. The number of ketones is 4. The summed E-state index contributed by atoms with van der Waals surface area (Å²) < 4.78 is 23.3. The van der Waals surface area contributed by atoms with Gasteiger partial charge in [0.05, 0.1) is 12.1 Å². The standard InChI is InChI=1S/C50H76FN6O8PS3/c1-9-32(4)39(26-46(62)42-15-10-11-22-56(42)7)50(64)57(8)43(31(2)3)27-47(65-34(6)58)49-55-41(30-67-49)48(63)54-37(25-35-18-20-36(51)21-19-35)24-33(5)44(60)17-13-23-68-69-29-40(52)45(61)16-12-14-38(59)28-53-66/h18-21,30-33,37,39-40,42-43,47,66H,9-17,22-29,52H2,1-8H3,(H,54,63)/t32?,33-,37+,39-,40-,42+,43+,47+/m0/s1. The minimum atomic E-state index is -0.867. The second-order valence-electron chi connectivity index (χ2n) is 18.9. The van der Waals surface area contributed by atoms with Gasteiger partial charge in [-0.25, -0.2) is 9.37 Å². The summed E-state index contributed by atoms with van der Waals surface area (Å²) in [4.78, 5) is 100. The molecular formula is C50H76FN6O8PS3. The summed E-state index contributed by atoms with van der Waals surface area (Å²) in [5.41, 5.74) is 6.95. The first kappa shape index (κ1) is 59.9. The Bertz CT molecular complexity index is 2010. The third-order valence-corrected chi connectivity index (χ3v) is 16.7. The zero-order chi connectivity index (χ0) is 51.2. The summed E-state index contributed by atoms with van der Waals surface area (Å²) in [6, 6.07) is 4.27. The Morgan fingerprint density at radius 2 is 1.71 bits per heavy atom. The van der Waals surface area contributed by atoms with Gasteiger partial charge in [0.2, 0.25) is 5.91 Å². The van der Waals surface area contributed by atoms with E-state index in [1.807, 2.05) is 41.7 Å². The van der Waals surface area contributed by atoms with E-state index in [0.717, 1.165) is 37.8 Å². The first-order chi connectivity index (χ1) is 32.7. The van der Waals surface area contributed by atoms with Crippen LogP contribution in [0.1, 0.15) is 146 Å². The molecule has 0 saturated carbocycles. The molecule has 19 heteroatoms. The molecule has 3 N–H and O–H groups in total. The molecule has 1 unspecified atom stereocenters. The van der Waals surface area contributed by atoms with E-state index in [1.54, 1.807) is 40.3 Å². The number of Topliss-reactive ketones (excluding diaryl/α,β-unsaturated/α-hetero) is 4. The van der Waals surface area contributed by atoms with Gasteiger partial charge in [-0.2, -0.15) is 0 Å². The Hall–Kier alpha value is -3.41. The highest BCUT2D eigenvalue weighted by molar-refractivity contribution is 8.76. The van der Waals surface area contributed by atoms with Gasteiger partial charge in [-0.3, -0.25) is 43.2 Å². The predicted octanol–water partition coefficient (Wildman–Crippen LogP) is 8.93. The third-order valence-electron chi connectivity index (χ3n) is 13.1. The lowest BCUT2D eigenvalue weighted by Gasteiger charge is -2.37. The van der Waals surface area contributed by atoms with Gasteiger partial charge in [0, 0.05) is 86.9 Å². The molecule has 1 aliphatic heterocycles. The van der Waals surface area contributed by atoms with E-state index >= 15 is 0 Å². The van der Waals surface area contributed by atoms with E-state index in [-0.39, 0.29) is 90.7 Å². The van der Waals surface area contributed by atoms with E-state index in [4.69, 9.17) is 10.5 Å². The SMILES string of the molecule is CCC(C)[C@H](CC(=O)[C@H]1CCCCN1C)C(=O)N(C)[C@H](C[C@@H](OC(C)=O)c1nc(C(=O)N[C@@H](Cc2ccc(F)cc2)C[C@H](C)C(=O)CCCSSC[C@H](N)C(=O)CCCC(=O)CN=P)cs1)C(C)C. The number of hydrogen-bond donors (Lipinski definition) is 2. The van der Waals surface area contributed by atoms with Gasteiger partial charge >= 0.3 is 5.97 Å². The average Bonchev–Trinajstić information content (AvgIpc) is 3.81. The van der Waals surface area contributed by atoms with Gasteiger partial charge in [-0.15, -0.1) is 11.3 Å². The molecule has 2 aromatic rings. The number of halogens is 1. The minimum absolute atomic E-state index is 0.0321. The van der Waals surface area contributed by atoms with E-state index in [2.05, 4.69) is 29.0 Å². The largest absolute Gasteiger partial charge is 0.455 e. The van der Waals surface area contributed by atoms with Gasteiger partial charge in [0.15, 0.2) is 17.7 Å². The van der Waals surface area contributed by atoms with Crippen LogP contribution in [0.3, 0.4) is 0 Å². The fourth-order valence-corrected chi connectivity index (χ4v) is 11.9. The molecule has 1 aromatic heterocycles. The summed E-state index contributed by atoms with van der Waals surface area (Å²) in [5, 5.41) is 5.06. The van der Waals surface area contributed by atoms with Crippen LogP contribution in [0.15, 0.2) is 34.4 Å². The Morgan fingerprint density at radius 1 is 1.01 bits per heavy atom. The van der Waals surface area contributed by atoms with Crippen molar-refractivity contribution in [2.45, 2.75) is 155 Å². The maximum absolute atomic E-state index is 14.4. The number of nitrogens with two attached hydrogens (primary N) is 1. The molecule has 69 heavy (non-hydrogen) atoms. The number of nitrogens with one attached hydrogen (secondary N) is 1. The van der Waals surface area contributed by atoms with Crippen molar-refractivity contribution >= 4 is 82.9 Å². The van der Waals surface area contributed by atoms with Crippen LogP contribution in [0.25, 0.3) is 0 Å². The highest BCUT2D eigenvalue weighted by Gasteiger charge is 2.38. The van der Waals surface area contributed by atoms with Crippen LogP contribution in [-0.2, 0) is 39.9 Å². The number of likely N-dealkylation sites (tertiary alicyclic amines) is 1. The molecule has 0 radical (unpaired) electrons. The number of piperidine rings is 1. The van der Waals surface area contributed by atoms with Gasteiger partial charge in [-0.1, -0.05) is 81.2 Å². The summed E-state index contributed by atoms with van der Waals surface area (Å²) in [7, 11) is 9.66. The highest BCUT2D eigenvalue weighted by Crippen LogP contribution is 2.33. The highest BCUT2D eigenvalue weighted by atomic mass is 33.1. The number of carbonyl (C=O) groups excluding carboxylic acids is 7. The van der Waals surface area contributed by atoms with Crippen LogP contribution in [-0.4, -0.2) is 119 Å². The lowest BCUT2D eigenvalue weighted by atomic mass is 9.83. The van der Waals surface area contributed by atoms with Crippen LogP contribution < -0.4 is 11.1 Å². The Balaban J connectivity index is 1.67. The van der Waals surface area contributed by atoms with Crippen molar-refractivity contribution in [3.05, 3.63) is 51.7 Å². The van der Waals surface area contributed by atoms with Crippen molar-refractivity contribution in [1.29, 1.82) is 0 Å². The van der Waals surface area contributed by atoms with Crippen molar-refractivity contribution in [1.82, 2.24) is 20.1 Å². The maximum atomic E-state index is 14.4. The molecule has 14 nitrogen and oxygen atoms in total. The fourth-order valence-electron chi connectivity index (χ4n) is 8.67. The Labute approximate surface area is 423 Å². The number of ether oxygens (including phenoxy) is 1. The summed E-state index contributed by atoms with van der Waals surface area (Å²) in [6.07, 6.45) is 5.63. The van der Waals surface area contributed by atoms with Crippen LogP contribution >= 0.6 is 42.0 Å². The van der Waals surface area contributed by atoms with Crippen LogP contribution in [0.2, 0.25) is 0 Å². The molecule has 0 spiro atoms. The molecule has 0 aliphatic carbocycles. The topological polar surface area (TPSA) is 198 Å². The second kappa shape index (κ2) is 31.1. The number of hydrogen-bond acceptors (Lipinski definition) is 15.